The molecule has 1 heterocycles. The van der Waals surface area contributed by atoms with E-state index in [1.54, 1.807) is 0 Å². The summed E-state index contributed by atoms with van der Waals surface area (Å²) in [5.41, 5.74) is 1.83. The topological polar surface area (TPSA) is 95.1 Å². The lowest BCUT2D eigenvalue weighted by atomic mass is 9.73. The number of rotatable bonds is 15. The number of nitrogens with one attached hydrogen (secondary N) is 2. The van der Waals surface area contributed by atoms with Crippen molar-refractivity contribution in [2.24, 2.45) is 10.8 Å². The fourth-order valence-corrected chi connectivity index (χ4v) is 5.69. The zero-order valence-electron chi connectivity index (χ0n) is 31.7. The number of benzene rings is 2. The molecule has 2 N–H and O–H groups in total. The largest absolute Gasteiger partial charge is 0.490 e. The van der Waals surface area contributed by atoms with E-state index in [1.165, 1.54) is 0 Å². The molecule has 0 aliphatic carbocycles. The molecular weight excluding hydrogens is 615 g/mol. The number of hydrogen-bond donors (Lipinski definition) is 2. The molecule has 2 unspecified atom stereocenters. The highest BCUT2D eigenvalue weighted by molar-refractivity contribution is 6.54. The Morgan fingerprint density at radius 1 is 0.714 bits per heavy atom. The van der Waals surface area contributed by atoms with Gasteiger partial charge >= 0.3 is 19.3 Å². The predicted molar refractivity (Wildman–Crippen MR) is 198 cm³/mol. The minimum absolute atomic E-state index is 0.0512. The van der Waals surface area contributed by atoms with Crippen LogP contribution >= 0.6 is 0 Å². The Balaban J connectivity index is 1.61. The molecule has 9 heteroatoms. The Bertz CT molecular complexity index is 1330. The van der Waals surface area contributed by atoms with Gasteiger partial charge in [0.05, 0.1) is 11.2 Å². The lowest BCUT2D eigenvalue weighted by Gasteiger charge is -2.32. The number of carbonyl (C=O) groups excluding carboxylic acids is 2. The molecule has 2 atom stereocenters. The third kappa shape index (κ3) is 13.2. The summed E-state index contributed by atoms with van der Waals surface area (Å²) in [7, 11) is -0.439. The molecule has 2 aromatic carbocycles. The molecule has 49 heavy (non-hydrogen) atoms. The highest BCUT2D eigenvalue weighted by Gasteiger charge is 2.52. The van der Waals surface area contributed by atoms with Crippen LogP contribution in [0.1, 0.15) is 119 Å². The van der Waals surface area contributed by atoms with Crippen molar-refractivity contribution in [2.45, 2.75) is 144 Å². The van der Waals surface area contributed by atoms with Crippen molar-refractivity contribution >= 4 is 19.3 Å². The van der Waals surface area contributed by atoms with Gasteiger partial charge in [-0.1, -0.05) is 108 Å². The monoisotopic (exact) mass is 676 g/mol. The highest BCUT2D eigenvalue weighted by atomic mass is 16.7. The molecule has 1 aliphatic heterocycles. The van der Waals surface area contributed by atoms with Gasteiger partial charge < -0.3 is 29.4 Å². The summed E-state index contributed by atoms with van der Waals surface area (Å²) in [6, 6.07) is 19.3. The number of amides is 2. The molecule has 3 rings (SSSR count). The average molecular weight is 677 g/mol. The van der Waals surface area contributed by atoms with Gasteiger partial charge in [-0.2, -0.15) is 0 Å². The zero-order chi connectivity index (χ0) is 36.3. The number of unbranched alkanes of at least 4 members (excludes halogenated alkanes) is 1. The third-order valence-corrected chi connectivity index (χ3v) is 9.72. The first-order valence-electron chi connectivity index (χ1n) is 17.9. The van der Waals surface area contributed by atoms with Crippen molar-refractivity contribution in [3.05, 3.63) is 83.3 Å². The van der Waals surface area contributed by atoms with Gasteiger partial charge in [0.15, 0.2) is 0 Å². The molecular formula is C40H61BN2O6. The van der Waals surface area contributed by atoms with Crippen LogP contribution in [-0.2, 0) is 32.0 Å². The molecule has 0 spiro atoms. The molecule has 0 aromatic heterocycles. The van der Waals surface area contributed by atoms with E-state index in [0.717, 1.165) is 55.1 Å². The first-order chi connectivity index (χ1) is 22.9. The molecule has 8 nitrogen and oxygen atoms in total. The van der Waals surface area contributed by atoms with Crippen LogP contribution in [0.3, 0.4) is 0 Å². The number of alkyl carbamates (subject to hydrolysis) is 2. The molecule has 270 valence electrons. The molecule has 0 saturated carbocycles. The summed E-state index contributed by atoms with van der Waals surface area (Å²) in [6.45, 7) is 21.6. The lowest BCUT2D eigenvalue weighted by molar-refractivity contribution is 0.00578. The fraction of sp³-hybridized carbons (Fsp3) is 0.600. The Morgan fingerprint density at radius 3 is 1.53 bits per heavy atom. The summed E-state index contributed by atoms with van der Waals surface area (Å²) >= 11 is 0. The standard InChI is InChI=1S/C40H61BN2O6/c1-37(2,3)33(42-35(44)46-28-30-20-13-11-14-21-30)26-18-17-24-32(41-48-39(7,8)40(9,10)49-41)25-19-27-34(38(4,5)6)43-36(45)47-29-31-22-15-12-16-23-31/h11-16,20-24,33-34H,17-19,25-29H2,1-10H3,(H,42,44)(H,43,45)/b32-24-. The molecule has 0 radical (unpaired) electrons. The Morgan fingerprint density at radius 2 is 1.12 bits per heavy atom. The number of allylic oxidation sites excluding steroid dienone is 2. The maximum atomic E-state index is 12.8. The average Bonchev–Trinajstić information content (AvgIpc) is 3.24. The molecule has 1 fully saturated rings. The number of carbonyl (C=O) groups is 2. The Labute approximate surface area is 296 Å². The van der Waals surface area contributed by atoms with E-state index in [2.05, 4.69) is 85.9 Å². The smallest absolute Gasteiger partial charge is 0.445 e. The van der Waals surface area contributed by atoms with E-state index in [4.69, 9.17) is 18.8 Å². The Hall–Kier alpha value is -3.30. The second kappa shape index (κ2) is 17.6. The maximum absolute atomic E-state index is 12.8. The number of ether oxygens (including phenoxy) is 2. The highest BCUT2D eigenvalue weighted by Crippen LogP contribution is 2.40. The lowest BCUT2D eigenvalue weighted by Crippen LogP contribution is -2.44. The SMILES string of the molecule is CC(C)(C)C(CCC/C=C(/CCCC(NC(=O)OCc1ccccc1)C(C)(C)C)B1OC(C)(C)C(C)(C)O1)NC(=O)OCc1ccccc1. The quantitative estimate of drug-likeness (QED) is 0.144. The van der Waals surface area contributed by atoms with Crippen LogP contribution in [0.4, 0.5) is 9.59 Å². The van der Waals surface area contributed by atoms with E-state index in [9.17, 15) is 9.59 Å². The summed E-state index contributed by atoms with van der Waals surface area (Å²) in [5.74, 6) is 0. The maximum Gasteiger partial charge on any atom is 0.490 e. The van der Waals surface area contributed by atoms with Gasteiger partial charge in [-0.3, -0.25) is 0 Å². The summed E-state index contributed by atoms with van der Waals surface area (Å²) < 4.78 is 24.0. The molecule has 2 amide bonds. The zero-order valence-corrected chi connectivity index (χ0v) is 31.7. The molecule has 1 aliphatic rings. The molecule has 1 saturated heterocycles. The molecule has 2 aromatic rings. The summed E-state index contributed by atoms with van der Waals surface area (Å²) in [5, 5.41) is 6.23. The van der Waals surface area contributed by atoms with Crippen molar-refractivity contribution < 1.29 is 28.4 Å². The minimum atomic E-state index is -0.448. The fourth-order valence-electron chi connectivity index (χ4n) is 5.69. The second-order valence-corrected chi connectivity index (χ2v) is 16.4. The minimum Gasteiger partial charge on any atom is -0.445 e. The van der Waals surface area contributed by atoms with Gasteiger partial charge in [-0.15, -0.1) is 0 Å². The van der Waals surface area contributed by atoms with Crippen LogP contribution < -0.4 is 10.6 Å². The van der Waals surface area contributed by atoms with Crippen LogP contribution in [-0.4, -0.2) is 42.6 Å². The van der Waals surface area contributed by atoms with E-state index in [0.29, 0.717) is 0 Å². The normalized spacial score (nSPS) is 17.3. The van der Waals surface area contributed by atoms with Crippen molar-refractivity contribution in [3.63, 3.8) is 0 Å². The van der Waals surface area contributed by atoms with Gasteiger partial charge in [0.25, 0.3) is 0 Å². The van der Waals surface area contributed by atoms with Crippen LogP contribution in [0.2, 0.25) is 0 Å². The third-order valence-electron chi connectivity index (χ3n) is 9.72. The van der Waals surface area contributed by atoms with Gasteiger partial charge in [-0.05, 0) is 93.6 Å². The van der Waals surface area contributed by atoms with E-state index >= 15 is 0 Å². The van der Waals surface area contributed by atoms with Crippen LogP contribution in [0, 0.1) is 10.8 Å². The first kappa shape index (κ1) is 40.1. The summed E-state index contributed by atoms with van der Waals surface area (Å²) in [4.78, 5) is 25.5. The van der Waals surface area contributed by atoms with Crippen molar-refractivity contribution in [3.8, 4) is 0 Å². The number of hydrogen-bond acceptors (Lipinski definition) is 6. The molecule has 0 bridgehead atoms. The van der Waals surface area contributed by atoms with Gasteiger partial charge in [0.1, 0.15) is 13.2 Å². The predicted octanol–water partition coefficient (Wildman–Crippen LogP) is 9.57. The van der Waals surface area contributed by atoms with Gasteiger partial charge in [0, 0.05) is 12.1 Å². The van der Waals surface area contributed by atoms with Crippen LogP contribution in [0.15, 0.2) is 72.2 Å². The van der Waals surface area contributed by atoms with Gasteiger partial charge in [0.2, 0.25) is 0 Å². The Kier molecular flexibility index (Phi) is 14.4. The van der Waals surface area contributed by atoms with Crippen molar-refractivity contribution in [1.82, 2.24) is 10.6 Å². The van der Waals surface area contributed by atoms with Gasteiger partial charge in [-0.25, -0.2) is 9.59 Å². The van der Waals surface area contributed by atoms with Crippen LogP contribution in [0.25, 0.3) is 0 Å². The van der Waals surface area contributed by atoms with E-state index < -0.39 is 30.5 Å². The second-order valence-electron chi connectivity index (χ2n) is 16.4. The van der Waals surface area contributed by atoms with Crippen molar-refractivity contribution in [1.29, 1.82) is 0 Å². The van der Waals surface area contributed by atoms with E-state index in [1.807, 2.05) is 60.7 Å². The van der Waals surface area contributed by atoms with E-state index in [-0.39, 0.29) is 36.1 Å². The first-order valence-corrected chi connectivity index (χ1v) is 17.9. The van der Waals surface area contributed by atoms with Crippen LogP contribution in [0.5, 0.6) is 0 Å². The summed E-state index contributed by atoms with van der Waals surface area (Å²) in [6.07, 6.45) is 6.35. The van der Waals surface area contributed by atoms with Crippen molar-refractivity contribution in [2.75, 3.05) is 0 Å².